The molecule has 0 aliphatic carbocycles. The van der Waals surface area contributed by atoms with E-state index in [9.17, 15) is 10.1 Å². The Morgan fingerprint density at radius 2 is 1.85 bits per heavy atom. The first-order chi connectivity index (χ1) is 19.0. The van der Waals surface area contributed by atoms with E-state index in [2.05, 4.69) is 48.5 Å². The van der Waals surface area contributed by atoms with Gasteiger partial charge < -0.3 is 15.5 Å². The third-order valence-electron chi connectivity index (χ3n) is 6.70. The molecular weight excluding hydrogens is 490 g/mol. The van der Waals surface area contributed by atoms with E-state index < -0.39 is 0 Å². The van der Waals surface area contributed by atoms with Crippen molar-refractivity contribution in [2.75, 3.05) is 36.8 Å². The predicted octanol–water partition coefficient (Wildman–Crippen LogP) is 4.33. The summed E-state index contributed by atoms with van der Waals surface area (Å²) in [6.45, 7) is 9.72. The number of anilines is 2. The smallest absolute Gasteiger partial charge is 0.255 e. The Hall–Kier alpha value is -4.88. The first-order valence-corrected chi connectivity index (χ1v) is 12.8. The van der Waals surface area contributed by atoms with Gasteiger partial charge in [0.2, 0.25) is 0 Å². The van der Waals surface area contributed by atoms with Crippen LogP contribution >= 0.6 is 0 Å². The molecule has 2 N–H and O–H groups in total. The minimum atomic E-state index is -0.291. The lowest BCUT2D eigenvalue weighted by atomic mass is 10.0. The van der Waals surface area contributed by atoms with Crippen LogP contribution in [0.25, 0.3) is 22.5 Å². The van der Waals surface area contributed by atoms with E-state index in [1.54, 1.807) is 35.4 Å². The van der Waals surface area contributed by atoms with Crippen LogP contribution in [0.5, 0.6) is 0 Å². The van der Waals surface area contributed by atoms with Crippen molar-refractivity contribution in [3.63, 3.8) is 0 Å². The Labute approximate surface area is 227 Å². The summed E-state index contributed by atoms with van der Waals surface area (Å²) in [6.07, 6.45) is 9.09. The number of amides is 1. The second-order valence-electron chi connectivity index (χ2n) is 9.50. The van der Waals surface area contributed by atoms with E-state index >= 15 is 0 Å². The van der Waals surface area contributed by atoms with Gasteiger partial charge in [0.1, 0.15) is 12.0 Å². The summed E-state index contributed by atoms with van der Waals surface area (Å²) in [5.41, 5.74) is 5.87. The third-order valence-corrected chi connectivity index (χ3v) is 6.70. The topological polar surface area (TPSA) is 125 Å². The zero-order valence-corrected chi connectivity index (χ0v) is 21.8. The fourth-order valence-electron chi connectivity index (χ4n) is 4.55. The molecular formula is C29H29N9O. The van der Waals surface area contributed by atoms with Crippen molar-refractivity contribution in [1.29, 1.82) is 5.26 Å². The highest BCUT2D eigenvalue weighted by Crippen LogP contribution is 2.24. The van der Waals surface area contributed by atoms with Gasteiger partial charge in [0, 0.05) is 48.0 Å². The molecule has 5 rings (SSSR count). The number of aryl methyl sites for hydroxylation is 1. The molecule has 2 aromatic carbocycles. The van der Waals surface area contributed by atoms with Gasteiger partial charge in [-0.15, -0.1) is 5.10 Å². The van der Waals surface area contributed by atoms with Crippen LogP contribution in [0.2, 0.25) is 0 Å². The van der Waals surface area contributed by atoms with Crippen LogP contribution in [0.1, 0.15) is 34.3 Å². The summed E-state index contributed by atoms with van der Waals surface area (Å²) in [5, 5.41) is 24.3. The van der Waals surface area contributed by atoms with Crippen LogP contribution in [0.4, 0.5) is 11.4 Å². The van der Waals surface area contributed by atoms with Gasteiger partial charge in [-0.2, -0.15) is 5.26 Å². The van der Waals surface area contributed by atoms with Gasteiger partial charge in [0.15, 0.2) is 0 Å². The molecule has 4 aromatic rings. The lowest BCUT2D eigenvalue weighted by Crippen LogP contribution is -2.26. The summed E-state index contributed by atoms with van der Waals surface area (Å²) >= 11 is 0. The second-order valence-corrected chi connectivity index (χ2v) is 9.50. The molecule has 196 valence electrons. The summed E-state index contributed by atoms with van der Waals surface area (Å²) < 4.78 is 1.66. The van der Waals surface area contributed by atoms with Crippen molar-refractivity contribution in [1.82, 2.24) is 29.9 Å². The second kappa shape index (κ2) is 11.7. The summed E-state index contributed by atoms with van der Waals surface area (Å²) in [7, 11) is 0. The number of rotatable bonds is 9. The molecule has 1 saturated heterocycles. The Morgan fingerprint density at radius 3 is 2.62 bits per heavy atom. The van der Waals surface area contributed by atoms with Crippen molar-refractivity contribution in [2.24, 2.45) is 0 Å². The molecule has 0 bridgehead atoms. The quantitative estimate of drug-likeness (QED) is 0.313. The van der Waals surface area contributed by atoms with Crippen LogP contribution in [0.15, 0.2) is 67.9 Å². The van der Waals surface area contributed by atoms with Crippen molar-refractivity contribution >= 4 is 22.9 Å². The predicted molar refractivity (Wildman–Crippen MR) is 150 cm³/mol. The molecule has 1 aliphatic rings. The Bertz CT molecular complexity index is 1530. The molecule has 1 amide bonds. The van der Waals surface area contributed by atoms with Crippen LogP contribution in [0, 0.1) is 18.3 Å². The van der Waals surface area contributed by atoms with E-state index in [-0.39, 0.29) is 5.91 Å². The Kier molecular flexibility index (Phi) is 7.70. The van der Waals surface area contributed by atoms with Gasteiger partial charge >= 0.3 is 0 Å². The zero-order chi connectivity index (χ0) is 27.2. The number of likely N-dealkylation sites (tertiary alicyclic amines) is 1. The molecule has 0 atom stereocenters. The number of nitrogens with zero attached hydrogens (tertiary/aromatic N) is 7. The molecule has 3 heterocycles. The van der Waals surface area contributed by atoms with Gasteiger partial charge in [-0.25, -0.2) is 14.6 Å². The SMILES string of the molecule is C=C(C#N)c1cc(NCCN2CCCC2)cc(C(=O)Nc2ccc(C)c(-n3cc(-c4cncnc4)nn3)c2)c1. The highest BCUT2D eigenvalue weighted by atomic mass is 16.1. The van der Waals surface area contributed by atoms with Crippen LogP contribution in [0.3, 0.4) is 0 Å². The fraction of sp³-hybridized carbons (Fsp3) is 0.241. The number of allylic oxidation sites excluding steroid dienone is 1. The monoisotopic (exact) mass is 519 g/mol. The summed E-state index contributed by atoms with van der Waals surface area (Å²) in [5.74, 6) is -0.291. The normalized spacial score (nSPS) is 13.1. The number of carbonyl (C=O) groups excluding carboxylic acids is 1. The van der Waals surface area contributed by atoms with Gasteiger partial charge in [0.05, 0.1) is 23.5 Å². The maximum atomic E-state index is 13.3. The lowest BCUT2D eigenvalue weighted by Gasteiger charge is -2.16. The standard InChI is InChI=1S/C29H29N9O/c1-20-5-6-25(14-28(20)38-18-27(35-36-38)24-16-31-19-32-17-24)34-29(39)23-11-22(21(2)15-30)12-26(13-23)33-7-10-37-8-3-4-9-37/h5-6,11-14,16-19,33H,2-4,7-10H2,1H3,(H,34,39). The highest BCUT2D eigenvalue weighted by molar-refractivity contribution is 6.05. The first-order valence-electron chi connectivity index (χ1n) is 12.8. The van der Waals surface area contributed by atoms with Crippen LogP contribution < -0.4 is 10.6 Å². The number of hydrogen-bond donors (Lipinski definition) is 2. The molecule has 0 saturated carbocycles. The summed E-state index contributed by atoms with van der Waals surface area (Å²) in [6, 6.07) is 13.0. The molecule has 39 heavy (non-hydrogen) atoms. The highest BCUT2D eigenvalue weighted by Gasteiger charge is 2.15. The molecule has 1 fully saturated rings. The minimum absolute atomic E-state index is 0.291. The minimum Gasteiger partial charge on any atom is -0.384 e. The molecule has 2 aromatic heterocycles. The number of benzene rings is 2. The zero-order valence-electron chi connectivity index (χ0n) is 21.8. The molecule has 0 unspecified atom stereocenters. The van der Waals surface area contributed by atoms with Gasteiger partial charge in [-0.3, -0.25) is 4.79 Å². The first kappa shape index (κ1) is 25.8. The average molecular weight is 520 g/mol. The molecule has 1 aliphatic heterocycles. The molecule has 0 radical (unpaired) electrons. The maximum Gasteiger partial charge on any atom is 0.255 e. The Morgan fingerprint density at radius 1 is 1.08 bits per heavy atom. The number of nitriles is 1. The van der Waals surface area contributed by atoms with E-state index in [0.717, 1.165) is 48.7 Å². The number of aromatic nitrogens is 5. The number of nitrogens with one attached hydrogen (secondary N) is 2. The van der Waals surface area contributed by atoms with E-state index in [4.69, 9.17) is 0 Å². The van der Waals surface area contributed by atoms with Crippen molar-refractivity contribution in [2.45, 2.75) is 19.8 Å². The lowest BCUT2D eigenvalue weighted by molar-refractivity contribution is 0.102. The van der Waals surface area contributed by atoms with Gasteiger partial charge in [0.25, 0.3) is 5.91 Å². The molecule has 0 spiro atoms. The third kappa shape index (κ3) is 6.17. The van der Waals surface area contributed by atoms with Crippen molar-refractivity contribution in [3.05, 3.63) is 84.6 Å². The Balaban J connectivity index is 1.34. The van der Waals surface area contributed by atoms with E-state index in [1.807, 2.05) is 31.2 Å². The molecule has 10 heteroatoms. The van der Waals surface area contributed by atoms with Gasteiger partial charge in [-0.1, -0.05) is 17.9 Å². The van der Waals surface area contributed by atoms with Crippen molar-refractivity contribution in [3.8, 4) is 23.0 Å². The molecule has 10 nitrogen and oxygen atoms in total. The van der Waals surface area contributed by atoms with Crippen LogP contribution in [-0.2, 0) is 0 Å². The number of hydrogen-bond acceptors (Lipinski definition) is 8. The van der Waals surface area contributed by atoms with Crippen molar-refractivity contribution < 1.29 is 4.79 Å². The fourth-order valence-corrected chi connectivity index (χ4v) is 4.55. The largest absolute Gasteiger partial charge is 0.384 e. The average Bonchev–Trinajstić information content (AvgIpc) is 3.67. The summed E-state index contributed by atoms with van der Waals surface area (Å²) in [4.78, 5) is 23.8. The van der Waals surface area contributed by atoms with Gasteiger partial charge in [-0.05, 0) is 74.3 Å². The maximum absolute atomic E-state index is 13.3. The van der Waals surface area contributed by atoms with Crippen LogP contribution in [-0.4, -0.2) is 61.9 Å². The van der Waals surface area contributed by atoms with E-state index in [1.165, 1.54) is 19.2 Å². The van der Waals surface area contributed by atoms with E-state index in [0.29, 0.717) is 28.1 Å². The number of carbonyl (C=O) groups is 1.